The highest BCUT2D eigenvalue weighted by molar-refractivity contribution is 5.96. The zero-order valence-corrected chi connectivity index (χ0v) is 10.3. The average Bonchev–Trinajstić information content (AvgIpc) is 2.22. The fourth-order valence-electron chi connectivity index (χ4n) is 1.90. The number of carboxylic acid groups (broad SMARTS) is 1. The summed E-state index contributed by atoms with van der Waals surface area (Å²) in [7, 11) is 0. The summed E-state index contributed by atoms with van der Waals surface area (Å²) in [5.74, 6) is -0.819. The first-order valence-corrected chi connectivity index (χ1v) is 5.48. The minimum Gasteiger partial charge on any atom is -0.478 e. The lowest BCUT2D eigenvalue weighted by Crippen LogP contribution is -2.03. The number of benzene rings is 1. The molecule has 16 heavy (non-hydrogen) atoms. The average molecular weight is 218 g/mol. The molecule has 1 aromatic carbocycles. The van der Waals surface area contributed by atoms with E-state index in [9.17, 15) is 4.79 Å². The van der Waals surface area contributed by atoms with Crippen molar-refractivity contribution in [2.24, 2.45) is 0 Å². The Balaban J connectivity index is 3.38. The normalized spacial score (nSPS) is 12.2. The summed E-state index contributed by atoms with van der Waals surface area (Å²) in [6, 6.07) is 5.99. The van der Waals surface area contributed by atoms with Crippen molar-refractivity contribution >= 4 is 11.5 Å². The molecule has 0 atom stereocenters. The number of aryl methyl sites for hydroxylation is 1. The highest BCUT2D eigenvalue weighted by Crippen LogP contribution is 2.25. The zero-order valence-electron chi connectivity index (χ0n) is 10.3. The summed E-state index contributed by atoms with van der Waals surface area (Å²) in [5.41, 5.74) is 4.76. The van der Waals surface area contributed by atoms with Gasteiger partial charge in [-0.3, -0.25) is 0 Å². The van der Waals surface area contributed by atoms with Gasteiger partial charge >= 0.3 is 5.97 Å². The molecule has 0 saturated carbocycles. The van der Waals surface area contributed by atoms with Crippen LogP contribution in [0.25, 0.3) is 5.57 Å². The fraction of sp³-hybridized carbons (Fsp3) is 0.357. The van der Waals surface area contributed by atoms with Gasteiger partial charge in [0, 0.05) is 5.57 Å². The van der Waals surface area contributed by atoms with Gasteiger partial charge in [0.1, 0.15) is 0 Å². The first-order chi connectivity index (χ1) is 7.49. The third-order valence-electron chi connectivity index (χ3n) is 3.07. The third kappa shape index (κ3) is 2.32. The van der Waals surface area contributed by atoms with Crippen molar-refractivity contribution in [2.45, 2.75) is 34.1 Å². The van der Waals surface area contributed by atoms with Crippen molar-refractivity contribution in [3.05, 3.63) is 40.5 Å². The van der Waals surface area contributed by atoms with Crippen molar-refractivity contribution in [1.82, 2.24) is 0 Å². The molecule has 0 heterocycles. The van der Waals surface area contributed by atoms with E-state index in [1.165, 1.54) is 5.56 Å². The van der Waals surface area contributed by atoms with E-state index in [0.717, 1.165) is 16.7 Å². The SMILES string of the molecule is CC/C(C(=O)O)=C(/C)c1cccc(C)c1C. The Bertz CT molecular complexity index is 442. The smallest absolute Gasteiger partial charge is 0.331 e. The lowest BCUT2D eigenvalue weighted by Gasteiger charge is -2.11. The van der Waals surface area contributed by atoms with Crippen LogP contribution in [0.1, 0.15) is 37.0 Å². The maximum absolute atomic E-state index is 11.1. The van der Waals surface area contributed by atoms with Gasteiger partial charge in [0.05, 0.1) is 0 Å². The minimum atomic E-state index is -0.819. The van der Waals surface area contributed by atoms with Gasteiger partial charge in [-0.1, -0.05) is 25.1 Å². The van der Waals surface area contributed by atoms with Crippen LogP contribution >= 0.6 is 0 Å². The molecule has 0 unspecified atom stereocenters. The van der Waals surface area contributed by atoms with E-state index < -0.39 is 5.97 Å². The van der Waals surface area contributed by atoms with Crippen LogP contribution in [-0.4, -0.2) is 11.1 Å². The summed E-state index contributed by atoms with van der Waals surface area (Å²) >= 11 is 0. The Morgan fingerprint density at radius 3 is 2.44 bits per heavy atom. The molecular formula is C14H18O2. The zero-order chi connectivity index (χ0) is 12.3. The summed E-state index contributed by atoms with van der Waals surface area (Å²) < 4.78 is 0. The second-order valence-corrected chi connectivity index (χ2v) is 4.01. The topological polar surface area (TPSA) is 37.3 Å². The van der Waals surface area contributed by atoms with Gasteiger partial charge in [0.15, 0.2) is 0 Å². The van der Waals surface area contributed by atoms with Crippen LogP contribution in [0.4, 0.5) is 0 Å². The Kier molecular flexibility index (Phi) is 3.88. The van der Waals surface area contributed by atoms with Gasteiger partial charge in [-0.2, -0.15) is 0 Å². The third-order valence-corrected chi connectivity index (χ3v) is 3.07. The molecule has 2 nitrogen and oxygen atoms in total. The Morgan fingerprint density at radius 2 is 1.94 bits per heavy atom. The van der Waals surface area contributed by atoms with Crippen LogP contribution < -0.4 is 0 Å². The van der Waals surface area contributed by atoms with Gasteiger partial charge in [0.2, 0.25) is 0 Å². The predicted octanol–water partition coefficient (Wildman–Crippen LogP) is 3.57. The van der Waals surface area contributed by atoms with Crippen molar-refractivity contribution in [2.75, 3.05) is 0 Å². The lowest BCUT2D eigenvalue weighted by atomic mass is 9.94. The molecular weight excluding hydrogens is 200 g/mol. The van der Waals surface area contributed by atoms with Crippen molar-refractivity contribution in [3.63, 3.8) is 0 Å². The minimum absolute atomic E-state index is 0.494. The van der Waals surface area contributed by atoms with Crippen LogP contribution in [0.5, 0.6) is 0 Å². The first-order valence-electron chi connectivity index (χ1n) is 5.48. The molecule has 0 spiro atoms. The largest absolute Gasteiger partial charge is 0.478 e. The number of hydrogen-bond donors (Lipinski definition) is 1. The molecule has 0 aliphatic rings. The molecule has 1 N–H and O–H groups in total. The summed E-state index contributed by atoms with van der Waals surface area (Å²) in [4.78, 5) is 11.1. The van der Waals surface area contributed by atoms with Crippen LogP contribution in [0, 0.1) is 13.8 Å². The van der Waals surface area contributed by atoms with Crippen LogP contribution in [-0.2, 0) is 4.79 Å². The highest BCUT2D eigenvalue weighted by Gasteiger charge is 2.12. The second kappa shape index (κ2) is 4.97. The summed E-state index contributed by atoms with van der Waals surface area (Å²) in [6.07, 6.45) is 0.550. The van der Waals surface area contributed by atoms with Crippen molar-refractivity contribution < 1.29 is 9.90 Å². The molecule has 1 aromatic rings. The Labute approximate surface area is 96.6 Å². The fourth-order valence-corrected chi connectivity index (χ4v) is 1.90. The number of carboxylic acids is 1. The lowest BCUT2D eigenvalue weighted by molar-refractivity contribution is -0.132. The summed E-state index contributed by atoms with van der Waals surface area (Å²) in [6.45, 7) is 7.83. The molecule has 86 valence electrons. The summed E-state index contributed by atoms with van der Waals surface area (Å²) in [5, 5.41) is 9.11. The maximum Gasteiger partial charge on any atom is 0.331 e. The predicted molar refractivity (Wildman–Crippen MR) is 66.4 cm³/mol. The van der Waals surface area contributed by atoms with Gasteiger partial charge in [-0.25, -0.2) is 4.79 Å². The molecule has 0 aromatic heterocycles. The van der Waals surface area contributed by atoms with E-state index in [0.29, 0.717) is 12.0 Å². The molecule has 2 heteroatoms. The number of carbonyl (C=O) groups is 1. The highest BCUT2D eigenvalue weighted by atomic mass is 16.4. The van der Waals surface area contributed by atoms with Crippen molar-refractivity contribution in [1.29, 1.82) is 0 Å². The Morgan fingerprint density at radius 1 is 1.31 bits per heavy atom. The second-order valence-electron chi connectivity index (χ2n) is 4.01. The van der Waals surface area contributed by atoms with Crippen molar-refractivity contribution in [3.8, 4) is 0 Å². The van der Waals surface area contributed by atoms with E-state index in [2.05, 4.69) is 0 Å². The maximum atomic E-state index is 11.1. The van der Waals surface area contributed by atoms with Gasteiger partial charge in [-0.05, 0) is 49.5 Å². The molecule has 1 rings (SSSR count). The Hall–Kier alpha value is -1.57. The molecule has 0 amide bonds. The molecule has 0 saturated heterocycles. The number of rotatable bonds is 3. The van der Waals surface area contributed by atoms with Gasteiger partial charge in [0.25, 0.3) is 0 Å². The number of aliphatic carboxylic acids is 1. The van der Waals surface area contributed by atoms with E-state index in [1.54, 1.807) is 0 Å². The van der Waals surface area contributed by atoms with Gasteiger partial charge < -0.3 is 5.11 Å². The molecule has 0 radical (unpaired) electrons. The molecule has 0 aliphatic heterocycles. The molecule has 0 aliphatic carbocycles. The van der Waals surface area contributed by atoms with Crippen LogP contribution in [0.3, 0.4) is 0 Å². The van der Waals surface area contributed by atoms with E-state index >= 15 is 0 Å². The number of allylic oxidation sites excluding steroid dienone is 1. The quantitative estimate of drug-likeness (QED) is 0.787. The van der Waals surface area contributed by atoms with Crippen LogP contribution in [0.15, 0.2) is 23.8 Å². The van der Waals surface area contributed by atoms with E-state index in [4.69, 9.17) is 5.11 Å². The van der Waals surface area contributed by atoms with E-state index in [-0.39, 0.29) is 0 Å². The standard InChI is InChI=1S/C14H18O2/c1-5-12(14(15)16)11(4)13-8-6-7-9(2)10(13)3/h6-8H,5H2,1-4H3,(H,15,16)/b12-11+. The first kappa shape index (κ1) is 12.5. The van der Waals surface area contributed by atoms with E-state index in [1.807, 2.05) is 45.9 Å². The number of hydrogen-bond acceptors (Lipinski definition) is 1. The molecule has 0 bridgehead atoms. The van der Waals surface area contributed by atoms with Gasteiger partial charge in [-0.15, -0.1) is 0 Å². The molecule has 0 fully saturated rings. The monoisotopic (exact) mass is 218 g/mol. The van der Waals surface area contributed by atoms with Crippen LogP contribution in [0.2, 0.25) is 0 Å².